The maximum Gasteiger partial charge on any atom is 0.119 e. The number of ether oxygens (including phenoxy) is 1. The molecule has 1 fully saturated rings. The Kier molecular flexibility index (Phi) is 6.25. The van der Waals surface area contributed by atoms with E-state index in [2.05, 4.69) is 94.7 Å². The molecule has 0 bridgehead atoms. The molecule has 1 aliphatic heterocycles. The number of para-hydroxylation sites is 2. The van der Waals surface area contributed by atoms with E-state index in [0.29, 0.717) is 0 Å². The second-order valence-electron chi connectivity index (χ2n) is 7.30. The summed E-state index contributed by atoms with van der Waals surface area (Å²) in [5.74, 6) is 0.953. The average molecular weight is 373 g/mol. The first kappa shape index (κ1) is 18.6. The molecule has 3 nitrogen and oxygen atoms in total. The van der Waals surface area contributed by atoms with Crippen molar-refractivity contribution in [2.45, 2.75) is 19.4 Å². The topological polar surface area (TPSA) is 15.7 Å². The van der Waals surface area contributed by atoms with Gasteiger partial charge in [0.1, 0.15) is 12.4 Å². The summed E-state index contributed by atoms with van der Waals surface area (Å²) in [7, 11) is 0. The molecule has 0 unspecified atom stereocenters. The summed E-state index contributed by atoms with van der Waals surface area (Å²) in [6.07, 6.45) is 2.65. The van der Waals surface area contributed by atoms with Crippen molar-refractivity contribution < 1.29 is 4.74 Å². The molecule has 3 heteroatoms. The summed E-state index contributed by atoms with van der Waals surface area (Å²) in [6.45, 7) is 5.05. The van der Waals surface area contributed by atoms with Crippen molar-refractivity contribution >= 4 is 11.4 Å². The average Bonchev–Trinajstić information content (AvgIpc) is 3.28. The SMILES string of the molecule is c1ccc(N(Cc2ccc(OCCN3CCCC3)cc2)c2ccccc2)cc1. The van der Waals surface area contributed by atoms with Crippen LogP contribution in [-0.2, 0) is 6.54 Å². The Morgan fingerprint density at radius 1 is 0.714 bits per heavy atom. The van der Waals surface area contributed by atoms with Gasteiger partial charge in [-0.25, -0.2) is 0 Å². The molecule has 0 saturated carbocycles. The molecule has 0 aromatic heterocycles. The van der Waals surface area contributed by atoms with Crippen LogP contribution in [0.2, 0.25) is 0 Å². The highest BCUT2D eigenvalue weighted by molar-refractivity contribution is 5.63. The molecule has 1 heterocycles. The van der Waals surface area contributed by atoms with Gasteiger partial charge in [-0.05, 0) is 67.9 Å². The first-order valence-electron chi connectivity index (χ1n) is 10.2. The molecule has 0 radical (unpaired) electrons. The Hall–Kier alpha value is -2.78. The van der Waals surface area contributed by atoms with E-state index in [0.717, 1.165) is 25.4 Å². The molecular weight excluding hydrogens is 344 g/mol. The summed E-state index contributed by atoms with van der Waals surface area (Å²) < 4.78 is 5.94. The van der Waals surface area contributed by atoms with Crippen LogP contribution >= 0.6 is 0 Å². The fraction of sp³-hybridized carbons (Fsp3) is 0.280. The van der Waals surface area contributed by atoms with Gasteiger partial charge >= 0.3 is 0 Å². The largest absolute Gasteiger partial charge is 0.492 e. The van der Waals surface area contributed by atoms with Gasteiger partial charge in [-0.1, -0.05) is 48.5 Å². The van der Waals surface area contributed by atoms with E-state index >= 15 is 0 Å². The molecule has 28 heavy (non-hydrogen) atoms. The molecule has 0 spiro atoms. The highest BCUT2D eigenvalue weighted by Gasteiger charge is 2.11. The van der Waals surface area contributed by atoms with Crippen molar-refractivity contribution in [3.05, 3.63) is 90.5 Å². The van der Waals surface area contributed by atoms with Crippen LogP contribution in [0.5, 0.6) is 5.75 Å². The number of hydrogen-bond donors (Lipinski definition) is 0. The van der Waals surface area contributed by atoms with Crippen molar-refractivity contribution in [3.63, 3.8) is 0 Å². The molecule has 3 aromatic carbocycles. The number of rotatable bonds is 8. The Bertz CT molecular complexity index is 788. The van der Waals surface area contributed by atoms with E-state index in [1.165, 1.54) is 42.9 Å². The second-order valence-corrected chi connectivity index (χ2v) is 7.30. The zero-order valence-electron chi connectivity index (χ0n) is 16.3. The number of nitrogens with zero attached hydrogens (tertiary/aromatic N) is 2. The minimum Gasteiger partial charge on any atom is -0.492 e. The summed E-state index contributed by atoms with van der Waals surface area (Å²) in [5.41, 5.74) is 3.65. The highest BCUT2D eigenvalue weighted by Crippen LogP contribution is 2.27. The van der Waals surface area contributed by atoms with Crippen LogP contribution in [-0.4, -0.2) is 31.1 Å². The van der Waals surface area contributed by atoms with E-state index in [1.54, 1.807) is 0 Å². The van der Waals surface area contributed by atoms with Gasteiger partial charge in [0.2, 0.25) is 0 Å². The Balaban J connectivity index is 1.41. The van der Waals surface area contributed by atoms with Gasteiger partial charge in [-0.3, -0.25) is 4.90 Å². The summed E-state index contributed by atoms with van der Waals surface area (Å²) in [6, 6.07) is 29.6. The van der Waals surface area contributed by atoms with E-state index in [1.807, 2.05) is 0 Å². The van der Waals surface area contributed by atoms with Crippen molar-refractivity contribution in [2.24, 2.45) is 0 Å². The van der Waals surface area contributed by atoms with Gasteiger partial charge in [-0.15, -0.1) is 0 Å². The van der Waals surface area contributed by atoms with Crippen LogP contribution in [0, 0.1) is 0 Å². The lowest BCUT2D eigenvalue weighted by molar-refractivity contribution is 0.238. The minimum atomic E-state index is 0.763. The second kappa shape index (κ2) is 9.43. The van der Waals surface area contributed by atoms with Gasteiger partial charge in [-0.2, -0.15) is 0 Å². The van der Waals surface area contributed by atoms with Gasteiger partial charge < -0.3 is 9.64 Å². The first-order chi connectivity index (χ1) is 13.9. The lowest BCUT2D eigenvalue weighted by atomic mass is 10.1. The van der Waals surface area contributed by atoms with Gasteiger partial charge in [0, 0.05) is 24.5 Å². The predicted octanol–water partition coefficient (Wildman–Crippen LogP) is 5.50. The smallest absolute Gasteiger partial charge is 0.119 e. The molecule has 0 amide bonds. The first-order valence-corrected chi connectivity index (χ1v) is 10.2. The van der Waals surface area contributed by atoms with Crippen LogP contribution in [0.4, 0.5) is 11.4 Å². The molecule has 144 valence electrons. The third kappa shape index (κ3) is 4.93. The molecule has 1 aliphatic rings. The van der Waals surface area contributed by atoms with Gasteiger partial charge in [0.25, 0.3) is 0 Å². The number of anilines is 2. The maximum atomic E-state index is 5.94. The van der Waals surface area contributed by atoms with Crippen molar-refractivity contribution in [1.82, 2.24) is 4.90 Å². The number of likely N-dealkylation sites (tertiary alicyclic amines) is 1. The fourth-order valence-electron chi connectivity index (χ4n) is 3.72. The molecule has 1 saturated heterocycles. The quantitative estimate of drug-likeness (QED) is 0.519. The van der Waals surface area contributed by atoms with Crippen LogP contribution in [0.25, 0.3) is 0 Å². The van der Waals surface area contributed by atoms with E-state index < -0.39 is 0 Å². The minimum absolute atomic E-state index is 0.763. The number of benzene rings is 3. The zero-order valence-corrected chi connectivity index (χ0v) is 16.3. The molecule has 0 atom stereocenters. The van der Waals surface area contributed by atoms with Crippen LogP contribution in [0.1, 0.15) is 18.4 Å². The van der Waals surface area contributed by atoms with Crippen LogP contribution < -0.4 is 9.64 Å². The van der Waals surface area contributed by atoms with Crippen LogP contribution in [0.15, 0.2) is 84.9 Å². The summed E-state index contributed by atoms with van der Waals surface area (Å²) in [5, 5.41) is 0. The third-order valence-corrected chi connectivity index (χ3v) is 5.27. The van der Waals surface area contributed by atoms with E-state index in [9.17, 15) is 0 Å². The fourth-order valence-corrected chi connectivity index (χ4v) is 3.72. The standard InChI is InChI=1S/C25H28N2O/c1-3-9-23(10-4-1)27(24-11-5-2-6-12-24)21-22-13-15-25(16-14-22)28-20-19-26-17-7-8-18-26/h1-6,9-16H,7-8,17-21H2. The monoisotopic (exact) mass is 372 g/mol. The van der Waals surface area contributed by atoms with E-state index in [4.69, 9.17) is 4.74 Å². The highest BCUT2D eigenvalue weighted by atomic mass is 16.5. The van der Waals surface area contributed by atoms with Gasteiger partial charge in [0.05, 0.1) is 0 Å². The number of hydrogen-bond acceptors (Lipinski definition) is 3. The van der Waals surface area contributed by atoms with Gasteiger partial charge in [0.15, 0.2) is 0 Å². The van der Waals surface area contributed by atoms with Crippen LogP contribution in [0.3, 0.4) is 0 Å². The molecule has 4 rings (SSSR count). The summed E-state index contributed by atoms with van der Waals surface area (Å²) in [4.78, 5) is 4.81. The predicted molar refractivity (Wildman–Crippen MR) is 116 cm³/mol. The Morgan fingerprint density at radius 2 is 1.29 bits per heavy atom. The van der Waals surface area contributed by atoms with E-state index in [-0.39, 0.29) is 0 Å². The third-order valence-electron chi connectivity index (χ3n) is 5.27. The molecule has 0 aliphatic carbocycles. The lowest BCUT2D eigenvalue weighted by Crippen LogP contribution is -2.25. The maximum absolute atomic E-state index is 5.94. The lowest BCUT2D eigenvalue weighted by Gasteiger charge is -2.25. The van der Waals surface area contributed by atoms with Crippen molar-refractivity contribution in [3.8, 4) is 5.75 Å². The molecule has 0 N–H and O–H groups in total. The Labute approximate surface area is 168 Å². The normalized spacial score (nSPS) is 14.1. The molecule has 3 aromatic rings. The van der Waals surface area contributed by atoms with Crippen molar-refractivity contribution in [1.29, 1.82) is 0 Å². The van der Waals surface area contributed by atoms with Crippen molar-refractivity contribution in [2.75, 3.05) is 31.1 Å². The summed E-state index contributed by atoms with van der Waals surface area (Å²) >= 11 is 0. The Morgan fingerprint density at radius 3 is 1.86 bits per heavy atom. The molecular formula is C25H28N2O. The zero-order chi connectivity index (χ0) is 19.0.